The van der Waals surface area contributed by atoms with Crippen molar-refractivity contribution < 1.29 is 8.42 Å². The van der Waals surface area contributed by atoms with Crippen molar-refractivity contribution in [2.75, 3.05) is 5.73 Å². The first kappa shape index (κ1) is 15.0. The fourth-order valence-corrected chi connectivity index (χ4v) is 2.87. The van der Waals surface area contributed by atoms with Crippen LogP contribution in [0, 0.1) is 11.3 Å². The summed E-state index contributed by atoms with van der Waals surface area (Å²) in [6.45, 7) is 2.55. The predicted molar refractivity (Wildman–Crippen MR) is 75.3 cm³/mol. The number of nitrogens with two attached hydrogens (primary N) is 1. The molecule has 21 heavy (non-hydrogen) atoms. The molecule has 0 spiro atoms. The van der Waals surface area contributed by atoms with Gasteiger partial charge in [0.1, 0.15) is 17.0 Å². The third kappa shape index (κ3) is 3.18. The zero-order valence-corrected chi connectivity index (χ0v) is 12.1. The van der Waals surface area contributed by atoms with Crippen LogP contribution in [0.4, 0.5) is 5.69 Å². The Kier molecular flexibility index (Phi) is 4.21. The molecule has 3 N–H and O–H groups in total. The summed E-state index contributed by atoms with van der Waals surface area (Å²) in [6.07, 6.45) is 1.53. The Morgan fingerprint density at radius 3 is 2.86 bits per heavy atom. The summed E-state index contributed by atoms with van der Waals surface area (Å²) in [5.41, 5.74) is 6.01. The molecule has 0 aliphatic carbocycles. The van der Waals surface area contributed by atoms with E-state index in [9.17, 15) is 8.42 Å². The molecule has 0 saturated heterocycles. The van der Waals surface area contributed by atoms with Crippen molar-refractivity contribution in [3.05, 3.63) is 35.9 Å². The number of benzene rings is 1. The number of hydrogen-bond donors (Lipinski definition) is 2. The molecule has 110 valence electrons. The van der Waals surface area contributed by atoms with Crippen LogP contribution >= 0.6 is 0 Å². The number of nitrogens with one attached hydrogen (secondary N) is 1. The summed E-state index contributed by atoms with van der Waals surface area (Å²) >= 11 is 0. The molecule has 0 unspecified atom stereocenters. The normalized spacial score (nSPS) is 11.2. The average molecular weight is 306 g/mol. The molecule has 2 aromatic rings. The minimum absolute atomic E-state index is 0.00954. The highest BCUT2D eigenvalue weighted by atomic mass is 32.2. The van der Waals surface area contributed by atoms with Gasteiger partial charge in [-0.1, -0.05) is 0 Å². The highest BCUT2D eigenvalue weighted by Gasteiger charge is 2.18. The number of sulfonamides is 1. The summed E-state index contributed by atoms with van der Waals surface area (Å²) in [4.78, 5) is -0.0657. The van der Waals surface area contributed by atoms with E-state index < -0.39 is 10.0 Å². The third-order valence-electron chi connectivity index (χ3n) is 2.89. The Morgan fingerprint density at radius 2 is 2.24 bits per heavy atom. The minimum Gasteiger partial charge on any atom is -0.398 e. The number of hydrogen-bond acceptors (Lipinski definition) is 6. The molecule has 0 aliphatic rings. The largest absolute Gasteiger partial charge is 0.398 e. The number of aromatic nitrogens is 3. The number of anilines is 1. The number of aryl methyl sites for hydroxylation is 1. The highest BCUT2D eigenvalue weighted by molar-refractivity contribution is 7.89. The Hall–Kier alpha value is -2.44. The fourth-order valence-electron chi connectivity index (χ4n) is 1.78. The van der Waals surface area contributed by atoms with Crippen molar-refractivity contribution in [3.63, 3.8) is 0 Å². The molecule has 0 bridgehead atoms. The van der Waals surface area contributed by atoms with E-state index in [2.05, 4.69) is 14.9 Å². The van der Waals surface area contributed by atoms with Crippen molar-refractivity contribution in [1.29, 1.82) is 5.26 Å². The molecule has 0 atom stereocenters. The zero-order chi connectivity index (χ0) is 15.5. The Balaban J connectivity index is 2.21. The second-order valence-electron chi connectivity index (χ2n) is 4.22. The van der Waals surface area contributed by atoms with Crippen LogP contribution in [0.15, 0.2) is 29.4 Å². The van der Waals surface area contributed by atoms with Crippen molar-refractivity contribution >= 4 is 15.7 Å². The molecule has 0 fully saturated rings. The molecule has 0 amide bonds. The van der Waals surface area contributed by atoms with Gasteiger partial charge < -0.3 is 10.3 Å². The Morgan fingerprint density at radius 1 is 1.48 bits per heavy atom. The maximum Gasteiger partial charge on any atom is 0.243 e. The van der Waals surface area contributed by atoms with Crippen LogP contribution in [0.1, 0.15) is 18.3 Å². The molecule has 0 aliphatic heterocycles. The summed E-state index contributed by atoms with van der Waals surface area (Å²) in [7, 11) is -3.78. The second-order valence-corrected chi connectivity index (χ2v) is 5.96. The third-order valence-corrected chi connectivity index (χ3v) is 4.36. The molecule has 1 heterocycles. The van der Waals surface area contributed by atoms with Gasteiger partial charge in [-0.05, 0) is 25.1 Å². The summed E-state index contributed by atoms with van der Waals surface area (Å²) in [5.74, 6) is 0.508. The van der Waals surface area contributed by atoms with Crippen LogP contribution < -0.4 is 10.5 Å². The van der Waals surface area contributed by atoms with Crippen LogP contribution in [0.5, 0.6) is 0 Å². The van der Waals surface area contributed by atoms with Crippen molar-refractivity contribution in [2.45, 2.75) is 24.9 Å². The second kappa shape index (κ2) is 5.90. The first-order valence-electron chi connectivity index (χ1n) is 6.14. The maximum absolute atomic E-state index is 12.2. The fraction of sp³-hybridized carbons (Fsp3) is 0.250. The van der Waals surface area contributed by atoms with Crippen LogP contribution in [0.25, 0.3) is 0 Å². The zero-order valence-electron chi connectivity index (χ0n) is 11.3. The van der Waals surface area contributed by atoms with E-state index in [1.807, 2.05) is 13.0 Å². The summed E-state index contributed by atoms with van der Waals surface area (Å²) in [6, 6.07) is 5.93. The molecule has 2 rings (SSSR count). The SMILES string of the molecule is CCn1cnnc1CNS(=O)(=O)c1ccc(C#N)cc1N. The Bertz CT molecular complexity index is 790. The summed E-state index contributed by atoms with van der Waals surface area (Å²) in [5, 5.41) is 16.3. The van der Waals surface area contributed by atoms with E-state index in [0.29, 0.717) is 17.9 Å². The van der Waals surface area contributed by atoms with Gasteiger partial charge in [0.05, 0.1) is 23.9 Å². The Labute approximate surface area is 122 Å². The van der Waals surface area contributed by atoms with Gasteiger partial charge in [-0.25, -0.2) is 13.1 Å². The van der Waals surface area contributed by atoms with Crippen LogP contribution in [0.2, 0.25) is 0 Å². The van der Waals surface area contributed by atoms with E-state index in [1.54, 1.807) is 4.57 Å². The van der Waals surface area contributed by atoms with Crippen LogP contribution in [0.3, 0.4) is 0 Å². The first-order chi connectivity index (χ1) is 9.97. The predicted octanol–water partition coefficient (Wildman–Crippen LogP) is 0.230. The first-order valence-corrected chi connectivity index (χ1v) is 7.62. The van der Waals surface area contributed by atoms with Gasteiger partial charge in [-0.15, -0.1) is 10.2 Å². The van der Waals surface area contributed by atoms with Gasteiger partial charge in [0.25, 0.3) is 0 Å². The summed E-state index contributed by atoms with van der Waals surface area (Å²) < 4.78 is 28.6. The van der Waals surface area contributed by atoms with Gasteiger partial charge in [0, 0.05) is 6.54 Å². The van der Waals surface area contributed by atoms with Crippen molar-refractivity contribution in [3.8, 4) is 6.07 Å². The van der Waals surface area contributed by atoms with E-state index in [4.69, 9.17) is 11.0 Å². The van der Waals surface area contributed by atoms with E-state index in [1.165, 1.54) is 24.5 Å². The highest BCUT2D eigenvalue weighted by Crippen LogP contribution is 2.19. The molecule has 1 aromatic heterocycles. The van der Waals surface area contributed by atoms with Gasteiger partial charge in [0.15, 0.2) is 0 Å². The average Bonchev–Trinajstić information content (AvgIpc) is 2.92. The number of nitrogens with zero attached hydrogens (tertiary/aromatic N) is 4. The molecule has 1 aromatic carbocycles. The van der Waals surface area contributed by atoms with Gasteiger partial charge in [-0.2, -0.15) is 5.26 Å². The van der Waals surface area contributed by atoms with Gasteiger partial charge >= 0.3 is 0 Å². The number of rotatable bonds is 5. The van der Waals surface area contributed by atoms with E-state index in [0.717, 1.165) is 0 Å². The van der Waals surface area contributed by atoms with Crippen molar-refractivity contribution in [2.24, 2.45) is 0 Å². The topological polar surface area (TPSA) is 127 Å². The number of nitriles is 1. The minimum atomic E-state index is -3.78. The molecule has 0 radical (unpaired) electrons. The van der Waals surface area contributed by atoms with Gasteiger partial charge in [0.2, 0.25) is 10.0 Å². The lowest BCUT2D eigenvalue weighted by Crippen LogP contribution is -2.25. The maximum atomic E-state index is 12.2. The molecular weight excluding hydrogens is 292 g/mol. The molecule has 9 heteroatoms. The standard InChI is InChI=1S/C12H14N6O2S/c1-2-18-8-15-17-12(18)7-16-21(19,20)11-4-3-9(6-13)5-10(11)14/h3-5,8,16H,2,7,14H2,1H3. The lowest BCUT2D eigenvalue weighted by molar-refractivity contribution is 0.575. The van der Waals surface area contributed by atoms with Crippen LogP contribution in [-0.2, 0) is 23.1 Å². The molecule has 8 nitrogen and oxygen atoms in total. The van der Waals surface area contributed by atoms with Gasteiger partial charge in [-0.3, -0.25) is 0 Å². The monoisotopic (exact) mass is 306 g/mol. The smallest absolute Gasteiger partial charge is 0.243 e. The molecule has 0 saturated carbocycles. The lowest BCUT2D eigenvalue weighted by Gasteiger charge is -2.09. The van der Waals surface area contributed by atoms with E-state index >= 15 is 0 Å². The van der Waals surface area contributed by atoms with E-state index in [-0.39, 0.29) is 17.1 Å². The lowest BCUT2D eigenvalue weighted by atomic mass is 10.2. The quantitative estimate of drug-likeness (QED) is 0.761. The van der Waals surface area contributed by atoms with Crippen molar-refractivity contribution in [1.82, 2.24) is 19.5 Å². The molecular formula is C12H14N6O2S. The van der Waals surface area contributed by atoms with Crippen LogP contribution in [-0.4, -0.2) is 23.2 Å². The number of nitrogen functional groups attached to an aromatic ring is 1.